The lowest BCUT2D eigenvalue weighted by Gasteiger charge is -2.15. The van der Waals surface area contributed by atoms with Crippen molar-refractivity contribution in [2.24, 2.45) is 0 Å². The molecule has 0 aliphatic heterocycles. The molecular weight excluding hydrogens is 293 g/mol. The van der Waals surface area contributed by atoms with E-state index in [4.69, 9.17) is 4.74 Å². The number of ether oxygens (including phenoxy) is 1. The Bertz CT molecular complexity index is 714. The Morgan fingerprint density at radius 2 is 1.86 bits per heavy atom. The molecule has 4 nitrogen and oxygen atoms in total. The van der Waals surface area contributed by atoms with Crippen molar-refractivity contribution in [3.63, 3.8) is 0 Å². The van der Waals surface area contributed by atoms with E-state index in [0.717, 1.165) is 0 Å². The van der Waals surface area contributed by atoms with Crippen LogP contribution >= 0.6 is 0 Å². The van der Waals surface area contributed by atoms with E-state index in [9.17, 15) is 12.8 Å². The molecule has 112 valence electrons. The molecule has 0 radical (unpaired) electrons. The van der Waals surface area contributed by atoms with E-state index in [0.29, 0.717) is 11.3 Å². The smallest absolute Gasteiger partial charge is 0.190 e. The number of hydrogen-bond acceptors (Lipinski definition) is 3. The first-order chi connectivity index (χ1) is 9.98. The van der Waals surface area contributed by atoms with Crippen LogP contribution in [-0.4, -0.2) is 22.1 Å². The van der Waals surface area contributed by atoms with Gasteiger partial charge in [0.1, 0.15) is 16.8 Å². The van der Waals surface area contributed by atoms with Gasteiger partial charge in [-0.1, -0.05) is 12.1 Å². The van der Waals surface area contributed by atoms with Gasteiger partial charge < -0.3 is 10.5 Å². The number of rotatable bonds is 5. The molecule has 1 atom stereocenters. The van der Waals surface area contributed by atoms with Crippen molar-refractivity contribution in [2.45, 2.75) is 10.1 Å². The van der Waals surface area contributed by atoms with E-state index < -0.39 is 20.9 Å². The molecule has 0 unspecified atom stereocenters. The third-order valence-corrected chi connectivity index (χ3v) is 5.43. The van der Waals surface area contributed by atoms with Crippen LogP contribution in [0.25, 0.3) is 0 Å². The second-order valence-corrected chi connectivity index (χ2v) is 6.68. The third-order valence-electron chi connectivity index (χ3n) is 3.25. The summed E-state index contributed by atoms with van der Waals surface area (Å²) in [5.74, 6) is 0.113. The van der Waals surface area contributed by atoms with Gasteiger partial charge in [-0.05, 0) is 42.0 Å². The van der Waals surface area contributed by atoms with Gasteiger partial charge >= 0.3 is 0 Å². The van der Waals surface area contributed by atoms with Crippen LogP contribution in [0.5, 0.6) is 5.75 Å². The Balaban J connectivity index is 2.44. The zero-order valence-corrected chi connectivity index (χ0v) is 12.4. The van der Waals surface area contributed by atoms with Crippen LogP contribution < -0.4 is 10.5 Å². The molecule has 2 aromatic carbocycles. The summed E-state index contributed by atoms with van der Waals surface area (Å²) in [5.41, 5.74) is 4.09. The van der Waals surface area contributed by atoms with Crippen molar-refractivity contribution < 1.29 is 23.3 Å². The molecule has 0 amide bonds. The van der Waals surface area contributed by atoms with E-state index in [1.54, 1.807) is 18.2 Å². The van der Waals surface area contributed by atoms with E-state index in [2.05, 4.69) is 5.73 Å². The van der Waals surface area contributed by atoms with Crippen LogP contribution in [0.2, 0.25) is 0 Å². The molecule has 2 rings (SSSR count). The maximum absolute atomic E-state index is 13.3. The molecule has 0 bridgehead atoms. The molecule has 0 saturated carbocycles. The summed E-state index contributed by atoms with van der Waals surface area (Å²) < 4.78 is 43.7. The van der Waals surface area contributed by atoms with Gasteiger partial charge in [-0.25, -0.2) is 12.8 Å². The Morgan fingerprint density at radius 3 is 2.38 bits per heavy atom. The molecular formula is C15H17FNO3S+. The molecule has 0 aliphatic carbocycles. The van der Waals surface area contributed by atoms with Gasteiger partial charge in [0.25, 0.3) is 0 Å². The number of quaternary nitrogens is 1. The van der Waals surface area contributed by atoms with Gasteiger partial charge in [-0.15, -0.1) is 0 Å². The first-order valence-electron chi connectivity index (χ1n) is 6.41. The summed E-state index contributed by atoms with van der Waals surface area (Å²) in [6, 6.07) is 11.7. The number of halogens is 1. The van der Waals surface area contributed by atoms with E-state index in [1.807, 2.05) is 0 Å². The van der Waals surface area contributed by atoms with Gasteiger partial charge in [-0.2, -0.15) is 0 Å². The maximum Gasteiger partial charge on any atom is 0.190 e. The molecule has 21 heavy (non-hydrogen) atoms. The van der Waals surface area contributed by atoms with Gasteiger partial charge in [0.15, 0.2) is 9.84 Å². The number of benzene rings is 2. The van der Waals surface area contributed by atoms with Gasteiger partial charge in [-0.3, -0.25) is 0 Å². The minimum Gasteiger partial charge on any atom is -0.497 e. The third kappa shape index (κ3) is 3.22. The molecule has 6 heteroatoms. The minimum atomic E-state index is -3.63. The Kier molecular flexibility index (Phi) is 4.59. The van der Waals surface area contributed by atoms with Gasteiger partial charge in [0.05, 0.1) is 18.6 Å². The standard InChI is InChI=1S/C15H16FNO3S/c1-20-13-5-7-14(8-6-13)21(18,19)15(10-17)11-3-2-4-12(16)9-11/h2-9,15H,10,17H2,1H3/p+1/t15-/m1/s1. The zero-order chi connectivity index (χ0) is 15.5. The van der Waals surface area contributed by atoms with E-state index >= 15 is 0 Å². The lowest BCUT2D eigenvalue weighted by Crippen LogP contribution is -2.54. The second-order valence-electron chi connectivity index (χ2n) is 4.55. The van der Waals surface area contributed by atoms with Crippen LogP contribution in [0, 0.1) is 5.82 Å². The molecule has 0 heterocycles. The largest absolute Gasteiger partial charge is 0.497 e. The summed E-state index contributed by atoms with van der Waals surface area (Å²) >= 11 is 0. The van der Waals surface area contributed by atoms with Crippen molar-refractivity contribution in [2.75, 3.05) is 13.7 Å². The Hall–Kier alpha value is -1.92. The zero-order valence-electron chi connectivity index (χ0n) is 11.6. The highest BCUT2D eigenvalue weighted by molar-refractivity contribution is 7.91. The van der Waals surface area contributed by atoms with Crippen molar-refractivity contribution in [1.29, 1.82) is 0 Å². The second kappa shape index (κ2) is 6.24. The van der Waals surface area contributed by atoms with Gasteiger partial charge in [0, 0.05) is 0 Å². The lowest BCUT2D eigenvalue weighted by molar-refractivity contribution is -0.367. The molecule has 3 N–H and O–H groups in total. The SMILES string of the molecule is COc1ccc(S(=O)(=O)[C@H](C[NH3+])c2cccc(F)c2)cc1. The average Bonchev–Trinajstić information content (AvgIpc) is 2.48. The van der Waals surface area contributed by atoms with Crippen LogP contribution in [0.4, 0.5) is 4.39 Å². The van der Waals surface area contributed by atoms with Gasteiger partial charge in [0.2, 0.25) is 0 Å². The first-order valence-corrected chi connectivity index (χ1v) is 7.96. The molecule has 0 aromatic heterocycles. The van der Waals surface area contributed by atoms with Crippen LogP contribution in [0.1, 0.15) is 10.8 Å². The molecule has 2 aromatic rings. The minimum absolute atomic E-state index is 0.123. The quantitative estimate of drug-likeness (QED) is 0.911. The van der Waals surface area contributed by atoms with Crippen molar-refractivity contribution in [3.05, 3.63) is 59.9 Å². The summed E-state index contributed by atoms with van der Waals surface area (Å²) in [5, 5.41) is -0.874. The topological polar surface area (TPSA) is 71.0 Å². The van der Waals surface area contributed by atoms with Crippen molar-refractivity contribution in [3.8, 4) is 5.75 Å². The number of sulfone groups is 1. The summed E-state index contributed by atoms with van der Waals surface area (Å²) in [6.07, 6.45) is 0. The Morgan fingerprint density at radius 1 is 1.19 bits per heavy atom. The van der Waals surface area contributed by atoms with E-state index in [1.165, 1.54) is 37.4 Å². The van der Waals surface area contributed by atoms with E-state index in [-0.39, 0.29) is 11.4 Å². The molecule has 0 aliphatic rings. The molecule has 0 saturated heterocycles. The van der Waals surface area contributed by atoms with Crippen LogP contribution in [-0.2, 0) is 9.84 Å². The predicted molar refractivity (Wildman–Crippen MR) is 77.1 cm³/mol. The van der Waals surface area contributed by atoms with Crippen molar-refractivity contribution in [1.82, 2.24) is 0 Å². The summed E-state index contributed by atoms with van der Waals surface area (Å²) in [7, 11) is -2.12. The highest BCUT2D eigenvalue weighted by Crippen LogP contribution is 2.29. The fourth-order valence-electron chi connectivity index (χ4n) is 2.14. The fraction of sp³-hybridized carbons (Fsp3) is 0.200. The average molecular weight is 310 g/mol. The van der Waals surface area contributed by atoms with Crippen molar-refractivity contribution >= 4 is 9.84 Å². The number of hydrogen-bond donors (Lipinski definition) is 1. The highest BCUT2D eigenvalue weighted by Gasteiger charge is 2.29. The predicted octanol–water partition coefficient (Wildman–Crippen LogP) is 1.59. The normalized spacial score (nSPS) is 12.9. The Labute approximate surface area is 123 Å². The molecule has 0 spiro atoms. The summed E-state index contributed by atoms with van der Waals surface area (Å²) in [4.78, 5) is 0.168. The lowest BCUT2D eigenvalue weighted by atomic mass is 10.1. The number of methoxy groups -OCH3 is 1. The molecule has 0 fully saturated rings. The first kappa shape index (κ1) is 15.5. The summed E-state index contributed by atoms with van der Waals surface area (Å²) in [6.45, 7) is 0.123. The van der Waals surface area contributed by atoms with Crippen LogP contribution in [0.15, 0.2) is 53.4 Å². The monoisotopic (exact) mass is 310 g/mol. The highest BCUT2D eigenvalue weighted by atomic mass is 32.2. The van der Waals surface area contributed by atoms with Crippen LogP contribution in [0.3, 0.4) is 0 Å². The maximum atomic E-state index is 13.3. The fourth-order valence-corrected chi connectivity index (χ4v) is 3.80.